The Labute approximate surface area is 138 Å². The number of nitriles is 1. The summed E-state index contributed by atoms with van der Waals surface area (Å²) in [7, 11) is 1.58. The lowest BCUT2D eigenvalue weighted by molar-refractivity contribution is 0.404. The van der Waals surface area contributed by atoms with Crippen LogP contribution in [0, 0.1) is 22.7 Å². The monoisotopic (exact) mass is 325 g/mol. The highest BCUT2D eigenvalue weighted by atomic mass is 32.2. The number of aromatic nitrogens is 1. The van der Waals surface area contributed by atoms with Crippen LogP contribution >= 0.6 is 11.8 Å². The first-order valence-corrected chi connectivity index (χ1v) is 8.23. The first-order valence-electron chi connectivity index (χ1n) is 7.00. The van der Waals surface area contributed by atoms with E-state index in [4.69, 9.17) is 14.9 Å². The first-order chi connectivity index (χ1) is 11.2. The van der Waals surface area contributed by atoms with Gasteiger partial charge in [0.1, 0.15) is 17.4 Å². The molecule has 1 aromatic heterocycles. The van der Waals surface area contributed by atoms with E-state index in [1.807, 2.05) is 24.5 Å². The molecule has 0 amide bonds. The van der Waals surface area contributed by atoms with Gasteiger partial charge in [0.25, 0.3) is 0 Å². The quantitative estimate of drug-likeness (QED) is 0.874. The fraction of sp³-hybridized carbons (Fsp3) is 0.235. The lowest BCUT2D eigenvalue weighted by atomic mass is 9.80. The maximum absolute atomic E-state index is 9.52. The number of benzene rings is 1. The zero-order valence-corrected chi connectivity index (χ0v) is 13.6. The molecule has 1 aliphatic rings. The number of ether oxygens (including phenoxy) is 2. The van der Waals surface area contributed by atoms with Crippen molar-refractivity contribution in [2.45, 2.75) is 10.8 Å². The molecule has 0 aliphatic carbocycles. The third kappa shape index (κ3) is 2.76. The number of methoxy groups -OCH3 is 1. The van der Waals surface area contributed by atoms with Crippen LogP contribution in [0.25, 0.3) is 0 Å². The second-order valence-corrected chi connectivity index (χ2v) is 5.99. The van der Waals surface area contributed by atoms with Crippen molar-refractivity contribution >= 4 is 17.7 Å². The van der Waals surface area contributed by atoms with Crippen LogP contribution in [-0.2, 0) is 0 Å². The van der Waals surface area contributed by atoms with Crippen molar-refractivity contribution < 1.29 is 9.47 Å². The Hall–Kier alpha value is -2.52. The van der Waals surface area contributed by atoms with Crippen molar-refractivity contribution in [1.82, 2.24) is 4.98 Å². The topological polar surface area (TPSA) is 79.0 Å². The van der Waals surface area contributed by atoms with Gasteiger partial charge < -0.3 is 9.47 Å². The van der Waals surface area contributed by atoms with Crippen molar-refractivity contribution in [3.63, 3.8) is 0 Å². The number of pyridine rings is 1. The molecule has 5 nitrogen and oxygen atoms in total. The van der Waals surface area contributed by atoms with Crippen LogP contribution in [0.2, 0.25) is 0 Å². The SMILES string of the molecule is COc1ccc2c(c1)OC(=N)C(C#N)C2c1cncc(SC)c1. The molecule has 6 heteroatoms. The van der Waals surface area contributed by atoms with Crippen LogP contribution in [0.1, 0.15) is 17.0 Å². The molecule has 1 aliphatic heterocycles. The molecule has 0 saturated carbocycles. The standard InChI is InChI=1S/C17H15N3O2S/c1-21-11-3-4-13-15(6-11)22-17(19)14(7-18)16(13)10-5-12(23-2)9-20-8-10/h3-6,8-9,14,16,19H,1-2H3. The largest absolute Gasteiger partial charge is 0.497 e. The summed E-state index contributed by atoms with van der Waals surface area (Å²) < 4.78 is 10.8. The second kappa shape index (κ2) is 6.31. The van der Waals surface area contributed by atoms with E-state index >= 15 is 0 Å². The van der Waals surface area contributed by atoms with Crippen LogP contribution < -0.4 is 9.47 Å². The third-order valence-electron chi connectivity index (χ3n) is 3.86. The van der Waals surface area contributed by atoms with Gasteiger partial charge in [0.15, 0.2) is 0 Å². The fourth-order valence-electron chi connectivity index (χ4n) is 2.72. The lowest BCUT2D eigenvalue weighted by Gasteiger charge is -2.30. The van der Waals surface area contributed by atoms with Gasteiger partial charge in [0.2, 0.25) is 5.90 Å². The predicted octanol–water partition coefficient (Wildman–Crippen LogP) is 3.45. The molecule has 0 radical (unpaired) electrons. The molecule has 2 aromatic rings. The highest BCUT2D eigenvalue weighted by molar-refractivity contribution is 7.98. The minimum Gasteiger partial charge on any atom is -0.497 e. The summed E-state index contributed by atoms with van der Waals surface area (Å²) >= 11 is 1.59. The van der Waals surface area contributed by atoms with Gasteiger partial charge in [-0.2, -0.15) is 5.26 Å². The van der Waals surface area contributed by atoms with Crippen LogP contribution in [0.4, 0.5) is 0 Å². The maximum atomic E-state index is 9.52. The van der Waals surface area contributed by atoms with E-state index in [-0.39, 0.29) is 11.8 Å². The summed E-state index contributed by atoms with van der Waals surface area (Å²) in [5.74, 6) is 0.214. The molecule has 0 fully saturated rings. The van der Waals surface area contributed by atoms with Gasteiger partial charge in [-0.25, -0.2) is 0 Å². The smallest absolute Gasteiger partial charge is 0.205 e. The average Bonchev–Trinajstić information content (AvgIpc) is 2.59. The van der Waals surface area contributed by atoms with Gasteiger partial charge in [-0.15, -0.1) is 11.8 Å². The highest BCUT2D eigenvalue weighted by Crippen LogP contribution is 2.43. The average molecular weight is 325 g/mol. The fourth-order valence-corrected chi connectivity index (χ4v) is 3.14. The van der Waals surface area contributed by atoms with Crippen molar-refractivity contribution in [3.05, 3.63) is 47.8 Å². The summed E-state index contributed by atoms with van der Waals surface area (Å²) in [6, 6.07) is 9.68. The van der Waals surface area contributed by atoms with Crippen molar-refractivity contribution in [1.29, 1.82) is 10.7 Å². The summed E-state index contributed by atoms with van der Waals surface area (Å²) in [6.45, 7) is 0. The number of rotatable bonds is 3. The van der Waals surface area contributed by atoms with Crippen molar-refractivity contribution in [3.8, 4) is 17.6 Å². The Kier molecular flexibility index (Phi) is 4.22. The molecule has 0 saturated heterocycles. The third-order valence-corrected chi connectivity index (χ3v) is 4.55. The van der Waals surface area contributed by atoms with Gasteiger partial charge in [0.05, 0.1) is 13.2 Å². The van der Waals surface area contributed by atoms with Crippen LogP contribution in [0.15, 0.2) is 41.6 Å². The van der Waals surface area contributed by atoms with Crippen LogP contribution in [0.3, 0.4) is 0 Å². The lowest BCUT2D eigenvalue weighted by Crippen LogP contribution is -2.31. The van der Waals surface area contributed by atoms with Crippen molar-refractivity contribution in [2.75, 3.05) is 13.4 Å². The minimum atomic E-state index is -0.671. The van der Waals surface area contributed by atoms with Gasteiger partial charge in [-0.05, 0) is 24.0 Å². The molecule has 116 valence electrons. The number of thioether (sulfide) groups is 1. The first kappa shape index (κ1) is 15.4. The molecule has 2 heterocycles. The highest BCUT2D eigenvalue weighted by Gasteiger charge is 2.37. The van der Waals surface area contributed by atoms with E-state index in [9.17, 15) is 5.26 Å². The second-order valence-electron chi connectivity index (χ2n) is 5.11. The minimum absolute atomic E-state index is 0.0483. The van der Waals surface area contributed by atoms with E-state index < -0.39 is 5.92 Å². The van der Waals surface area contributed by atoms with E-state index in [1.54, 1.807) is 37.3 Å². The Morgan fingerprint density at radius 2 is 2.17 bits per heavy atom. The van der Waals surface area contributed by atoms with Crippen molar-refractivity contribution in [2.24, 2.45) is 5.92 Å². The van der Waals surface area contributed by atoms with Crippen LogP contribution in [0.5, 0.6) is 11.5 Å². The summed E-state index contributed by atoms with van der Waals surface area (Å²) in [4.78, 5) is 5.29. The van der Waals surface area contributed by atoms with Crippen LogP contribution in [-0.4, -0.2) is 24.2 Å². The zero-order chi connectivity index (χ0) is 16.4. The number of hydrogen-bond acceptors (Lipinski definition) is 6. The number of fused-ring (bicyclic) bond motifs is 1. The Bertz CT molecular complexity index is 801. The summed E-state index contributed by atoms with van der Waals surface area (Å²) in [5.41, 5.74) is 1.77. The van der Waals surface area contributed by atoms with E-state index in [1.165, 1.54) is 0 Å². The van der Waals surface area contributed by atoms with Gasteiger partial charge >= 0.3 is 0 Å². The molecule has 3 rings (SSSR count). The molecule has 0 bridgehead atoms. The van der Waals surface area contributed by atoms with E-state index in [2.05, 4.69) is 11.1 Å². The normalized spacial score (nSPS) is 19.4. The predicted molar refractivity (Wildman–Crippen MR) is 88.3 cm³/mol. The Balaban J connectivity index is 2.16. The van der Waals surface area contributed by atoms with Gasteiger partial charge in [-0.1, -0.05) is 6.07 Å². The van der Waals surface area contributed by atoms with E-state index in [0.717, 1.165) is 16.0 Å². The number of hydrogen-bond donors (Lipinski definition) is 1. The zero-order valence-electron chi connectivity index (χ0n) is 12.7. The molecule has 2 atom stereocenters. The maximum Gasteiger partial charge on any atom is 0.205 e. The van der Waals surface area contributed by atoms with Gasteiger partial charge in [0, 0.05) is 34.8 Å². The molecule has 1 N–H and O–H groups in total. The molecular formula is C17H15N3O2S. The summed E-state index contributed by atoms with van der Waals surface area (Å²) in [6.07, 6.45) is 5.52. The molecule has 23 heavy (non-hydrogen) atoms. The van der Waals surface area contributed by atoms with E-state index in [0.29, 0.717) is 11.5 Å². The number of nitrogens with zero attached hydrogens (tertiary/aromatic N) is 2. The molecule has 2 unspecified atom stereocenters. The molecule has 0 spiro atoms. The molecule has 1 aromatic carbocycles. The summed E-state index contributed by atoms with van der Waals surface area (Å²) in [5, 5.41) is 17.6. The Morgan fingerprint density at radius 1 is 1.35 bits per heavy atom. The Morgan fingerprint density at radius 3 is 2.87 bits per heavy atom. The molecular weight excluding hydrogens is 310 g/mol. The van der Waals surface area contributed by atoms with Gasteiger partial charge in [-0.3, -0.25) is 10.4 Å². The number of nitrogens with one attached hydrogen (secondary N) is 1.